The number of halogens is 3. The molecule has 2 aromatic heterocycles. The van der Waals surface area contributed by atoms with Gasteiger partial charge in [-0.15, -0.1) is 0 Å². The number of aryl methyl sites for hydroxylation is 1. The topological polar surface area (TPSA) is 88.5 Å². The molecule has 2 aromatic carbocycles. The number of carbonyl (C=O) groups excluding carboxylic acids is 1. The van der Waals surface area contributed by atoms with Crippen molar-refractivity contribution in [2.45, 2.75) is 18.3 Å². The molecule has 30 heavy (non-hydrogen) atoms. The molecule has 0 bridgehead atoms. The maximum Gasteiger partial charge on any atom is 0.416 e. The van der Waals surface area contributed by atoms with Gasteiger partial charge < -0.3 is 10.3 Å². The second-order valence-corrected chi connectivity index (χ2v) is 7.43. The maximum absolute atomic E-state index is 13.1. The second kappa shape index (κ2) is 7.82. The first-order valence-corrected chi connectivity index (χ1v) is 9.73. The minimum atomic E-state index is -4.54. The number of thioether (sulfide) groups is 1. The van der Waals surface area contributed by atoms with E-state index in [9.17, 15) is 18.0 Å². The van der Waals surface area contributed by atoms with Gasteiger partial charge in [0.1, 0.15) is 12.7 Å². The highest BCUT2D eigenvalue weighted by Crippen LogP contribution is 2.33. The summed E-state index contributed by atoms with van der Waals surface area (Å²) >= 11 is 1.16. The zero-order valence-corrected chi connectivity index (χ0v) is 16.4. The van der Waals surface area contributed by atoms with Gasteiger partial charge >= 0.3 is 6.18 Å². The first kappa shape index (κ1) is 20.0. The summed E-state index contributed by atoms with van der Waals surface area (Å²) in [5, 5.41) is 7.01. The molecule has 2 heterocycles. The number of hydrogen-bond acceptors (Lipinski definition) is 5. The quantitative estimate of drug-likeness (QED) is 0.462. The fraction of sp³-hybridized carbons (Fsp3) is 0.158. The summed E-state index contributed by atoms with van der Waals surface area (Å²) in [6, 6.07) is 8.80. The molecular formula is C19H15F3N6OS. The third kappa shape index (κ3) is 4.30. The van der Waals surface area contributed by atoms with Crippen LogP contribution in [-0.4, -0.2) is 36.4 Å². The molecule has 154 valence electrons. The van der Waals surface area contributed by atoms with Crippen LogP contribution in [-0.2, 0) is 11.0 Å². The van der Waals surface area contributed by atoms with E-state index in [4.69, 9.17) is 0 Å². The summed E-state index contributed by atoms with van der Waals surface area (Å²) in [4.78, 5) is 23.7. The van der Waals surface area contributed by atoms with Gasteiger partial charge in [0.2, 0.25) is 5.91 Å². The Kier molecular flexibility index (Phi) is 5.20. The first-order chi connectivity index (χ1) is 14.3. The van der Waals surface area contributed by atoms with Crippen LogP contribution in [0.3, 0.4) is 0 Å². The summed E-state index contributed by atoms with van der Waals surface area (Å²) in [6.07, 6.45) is -1.95. The van der Waals surface area contributed by atoms with Crippen LogP contribution in [0.15, 0.2) is 54.2 Å². The van der Waals surface area contributed by atoms with E-state index >= 15 is 0 Å². The molecule has 0 unspecified atom stereocenters. The number of nitrogens with zero attached hydrogens (tertiary/aromatic N) is 4. The van der Waals surface area contributed by atoms with Crippen molar-refractivity contribution < 1.29 is 18.0 Å². The number of alkyl halides is 3. The zero-order chi connectivity index (χ0) is 21.3. The SMILES string of the molecule is Cc1ccc2nc(SCC(=O)Nc3cc(C(F)(F)F)ccc3-n3cncn3)[nH]c2c1. The van der Waals surface area contributed by atoms with Crippen molar-refractivity contribution in [3.05, 3.63) is 60.2 Å². The Bertz CT molecular complexity index is 1200. The predicted molar refractivity (Wildman–Crippen MR) is 107 cm³/mol. The predicted octanol–water partition coefficient (Wildman–Crippen LogP) is 4.20. The van der Waals surface area contributed by atoms with Gasteiger partial charge in [-0.2, -0.15) is 18.3 Å². The molecule has 0 saturated carbocycles. The summed E-state index contributed by atoms with van der Waals surface area (Å²) in [7, 11) is 0. The summed E-state index contributed by atoms with van der Waals surface area (Å²) in [5.41, 5.74) is 2.09. The average molecular weight is 432 g/mol. The average Bonchev–Trinajstić information content (AvgIpc) is 3.35. The van der Waals surface area contributed by atoms with Crippen LogP contribution in [0, 0.1) is 6.92 Å². The normalized spacial score (nSPS) is 11.7. The largest absolute Gasteiger partial charge is 0.416 e. The van der Waals surface area contributed by atoms with E-state index in [1.165, 1.54) is 23.4 Å². The molecule has 4 rings (SSSR count). The van der Waals surface area contributed by atoms with Gasteiger partial charge in [-0.25, -0.2) is 14.6 Å². The lowest BCUT2D eigenvalue weighted by Gasteiger charge is -2.14. The Morgan fingerprint density at radius 2 is 2.07 bits per heavy atom. The smallest absolute Gasteiger partial charge is 0.333 e. The Labute approximate surface area is 172 Å². The van der Waals surface area contributed by atoms with Crippen LogP contribution >= 0.6 is 11.8 Å². The van der Waals surface area contributed by atoms with Gasteiger partial charge in [0, 0.05) is 0 Å². The summed E-state index contributed by atoms with van der Waals surface area (Å²) < 4.78 is 40.6. The standard InChI is InChI=1S/C19H15F3N6OS/c1-11-2-4-13-14(6-11)27-18(26-13)30-8-17(29)25-15-7-12(19(20,21)22)3-5-16(15)28-10-23-9-24-28/h2-7,9-10H,8H2,1H3,(H,25,29)(H,26,27). The number of nitrogens with one attached hydrogen (secondary N) is 2. The molecule has 0 radical (unpaired) electrons. The Balaban J connectivity index is 1.52. The molecule has 0 saturated heterocycles. The monoisotopic (exact) mass is 432 g/mol. The lowest BCUT2D eigenvalue weighted by atomic mass is 10.1. The van der Waals surface area contributed by atoms with Crippen LogP contribution in [0.25, 0.3) is 16.7 Å². The summed E-state index contributed by atoms with van der Waals surface area (Å²) in [6.45, 7) is 1.96. The number of H-pyrrole nitrogens is 1. The van der Waals surface area contributed by atoms with E-state index in [2.05, 4.69) is 25.4 Å². The molecule has 0 fully saturated rings. The van der Waals surface area contributed by atoms with E-state index < -0.39 is 17.6 Å². The van der Waals surface area contributed by atoms with Gasteiger partial charge in [-0.3, -0.25) is 4.79 Å². The van der Waals surface area contributed by atoms with E-state index in [0.717, 1.165) is 40.5 Å². The minimum Gasteiger partial charge on any atom is -0.333 e. The third-order valence-electron chi connectivity index (χ3n) is 4.22. The van der Waals surface area contributed by atoms with Gasteiger partial charge in [-0.05, 0) is 42.8 Å². The number of amides is 1. The highest BCUT2D eigenvalue weighted by molar-refractivity contribution is 7.99. The summed E-state index contributed by atoms with van der Waals surface area (Å²) in [5.74, 6) is -0.511. The molecule has 0 aliphatic carbocycles. The zero-order valence-electron chi connectivity index (χ0n) is 15.6. The fourth-order valence-corrected chi connectivity index (χ4v) is 3.52. The molecule has 11 heteroatoms. The minimum absolute atomic E-state index is 0.0128. The van der Waals surface area contributed by atoms with Crippen LogP contribution in [0.1, 0.15) is 11.1 Å². The Morgan fingerprint density at radius 3 is 2.80 bits per heavy atom. The van der Waals surface area contributed by atoms with Crippen molar-refractivity contribution >= 4 is 34.4 Å². The number of anilines is 1. The van der Waals surface area contributed by atoms with Gasteiger partial charge in [0.25, 0.3) is 0 Å². The van der Waals surface area contributed by atoms with Gasteiger partial charge in [0.05, 0.1) is 33.7 Å². The van der Waals surface area contributed by atoms with Crippen molar-refractivity contribution in [3.63, 3.8) is 0 Å². The highest BCUT2D eigenvalue weighted by Gasteiger charge is 2.31. The lowest BCUT2D eigenvalue weighted by molar-refractivity contribution is -0.137. The lowest BCUT2D eigenvalue weighted by Crippen LogP contribution is -2.17. The van der Waals surface area contributed by atoms with E-state index in [1.807, 2.05) is 25.1 Å². The van der Waals surface area contributed by atoms with Crippen LogP contribution in [0.5, 0.6) is 0 Å². The number of carbonyl (C=O) groups is 1. The number of rotatable bonds is 5. The molecule has 0 atom stereocenters. The molecule has 0 aliphatic rings. The van der Waals surface area contributed by atoms with Crippen molar-refractivity contribution in [2.24, 2.45) is 0 Å². The van der Waals surface area contributed by atoms with Crippen LogP contribution < -0.4 is 5.32 Å². The van der Waals surface area contributed by atoms with Crippen molar-refractivity contribution in [3.8, 4) is 5.69 Å². The van der Waals surface area contributed by atoms with Crippen molar-refractivity contribution in [1.29, 1.82) is 0 Å². The Hall–Kier alpha value is -3.34. The highest BCUT2D eigenvalue weighted by atomic mass is 32.2. The molecule has 1 amide bonds. The van der Waals surface area contributed by atoms with Crippen molar-refractivity contribution in [2.75, 3.05) is 11.1 Å². The number of hydrogen-bond donors (Lipinski definition) is 2. The fourth-order valence-electron chi connectivity index (χ4n) is 2.83. The van der Waals surface area contributed by atoms with Crippen LogP contribution in [0.2, 0.25) is 0 Å². The number of benzene rings is 2. The van der Waals surface area contributed by atoms with E-state index in [1.54, 1.807) is 0 Å². The molecular weight excluding hydrogens is 417 g/mol. The van der Waals surface area contributed by atoms with Gasteiger partial charge in [-0.1, -0.05) is 17.8 Å². The number of fused-ring (bicyclic) bond motifs is 1. The van der Waals surface area contributed by atoms with E-state index in [-0.39, 0.29) is 17.1 Å². The van der Waals surface area contributed by atoms with Crippen molar-refractivity contribution in [1.82, 2.24) is 24.7 Å². The van der Waals surface area contributed by atoms with E-state index in [0.29, 0.717) is 5.16 Å². The molecule has 0 spiro atoms. The number of aromatic nitrogens is 5. The second-order valence-electron chi connectivity index (χ2n) is 6.47. The Morgan fingerprint density at radius 1 is 1.23 bits per heavy atom. The molecule has 4 aromatic rings. The number of aromatic amines is 1. The maximum atomic E-state index is 13.1. The molecule has 7 nitrogen and oxygen atoms in total. The number of imidazole rings is 1. The molecule has 2 N–H and O–H groups in total. The third-order valence-corrected chi connectivity index (χ3v) is 5.09. The first-order valence-electron chi connectivity index (χ1n) is 8.75. The van der Waals surface area contributed by atoms with Crippen LogP contribution in [0.4, 0.5) is 18.9 Å². The van der Waals surface area contributed by atoms with Gasteiger partial charge in [0.15, 0.2) is 5.16 Å². The molecule has 0 aliphatic heterocycles.